The van der Waals surface area contributed by atoms with Gasteiger partial charge in [-0.25, -0.2) is 4.98 Å². The van der Waals surface area contributed by atoms with Crippen LogP contribution in [-0.4, -0.2) is 9.97 Å². The summed E-state index contributed by atoms with van der Waals surface area (Å²) >= 11 is 0. The Bertz CT molecular complexity index is 426. The van der Waals surface area contributed by atoms with Crippen molar-refractivity contribution in [3.8, 4) is 0 Å². The smallest absolute Gasteiger partial charge is 0.182 e. The van der Waals surface area contributed by atoms with Gasteiger partial charge in [0.2, 0.25) is 0 Å². The lowest BCUT2D eigenvalue weighted by atomic mass is 9.91. The van der Waals surface area contributed by atoms with Crippen LogP contribution in [0.2, 0.25) is 0 Å². The zero-order valence-electron chi connectivity index (χ0n) is 8.03. The van der Waals surface area contributed by atoms with Crippen LogP contribution in [0.25, 0.3) is 11.1 Å². The Morgan fingerprint density at radius 3 is 2.69 bits per heavy atom. The largest absolute Gasteiger partial charge is 0.442 e. The number of nitrogens with zero attached hydrogens (tertiary/aromatic N) is 2. The quantitative estimate of drug-likeness (QED) is 0.619. The predicted molar refractivity (Wildman–Crippen MR) is 50.5 cm³/mol. The Labute approximate surface area is 76.8 Å². The molecule has 2 aromatic rings. The summed E-state index contributed by atoms with van der Waals surface area (Å²) in [4.78, 5) is 8.40. The summed E-state index contributed by atoms with van der Waals surface area (Å²) in [5, 5.41) is 0. The van der Waals surface area contributed by atoms with Gasteiger partial charge < -0.3 is 4.42 Å². The molecular formula is C10H12N2O. The highest BCUT2D eigenvalue weighted by molar-refractivity contribution is 5.71. The Morgan fingerprint density at radius 1 is 1.23 bits per heavy atom. The third-order valence-corrected chi connectivity index (χ3v) is 1.99. The Hall–Kier alpha value is -1.38. The van der Waals surface area contributed by atoms with Gasteiger partial charge in [0.15, 0.2) is 12.0 Å². The molecule has 3 nitrogen and oxygen atoms in total. The first-order valence-corrected chi connectivity index (χ1v) is 4.27. The molecule has 3 heteroatoms. The van der Waals surface area contributed by atoms with E-state index in [1.807, 2.05) is 6.07 Å². The molecule has 0 aliphatic heterocycles. The molecule has 68 valence electrons. The SMILES string of the molecule is CC(C)(C)c1cc2ncoc2cn1. The van der Waals surface area contributed by atoms with E-state index in [9.17, 15) is 0 Å². The second kappa shape index (κ2) is 2.55. The van der Waals surface area contributed by atoms with Crippen molar-refractivity contribution in [2.45, 2.75) is 26.2 Å². The van der Waals surface area contributed by atoms with E-state index in [0.29, 0.717) is 0 Å². The number of fused-ring (bicyclic) bond motifs is 1. The molecule has 0 radical (unpaired) electrons. The zero-order chi connectivity index (χ0) is 9.47. The molecule has 0 aromatic carbocycles. The first-order chi connectivity index (χ1) is 6.07. The second-order valence-corrected chi connectivity index (χ2v) is 4.14. The van der Waals surface area contributed by atoms with Crippen LogP contribution in [-0.2, 0) is 5.41 Å². The Morgan fingerprint density at radius 2 is 2.00 bits per heavy atom. The first-order valence-electron chi connectivity index (χ1n) is 4.27. The molecule has 0 atom stereocenters. The zero-order valence-corrected chi connectivity index (χ0v) is 8.03. The minimum absolute atomic E-state index is 0.0626. The molecule has 0 N–H and O–H groups in total. The van der Waals surface area contributed by atoms with Gasteiger partial charge in [0.05, 0.1) is 6.20 Å². The van der Waals surface area contributed by atoms with E-state index in [-0.39, 0.29) is 5.41 Å². The van der Waals surface area contributed by atoms with Gasteiger partial charge in [0, 0.05) is 11.1 Å². The van der Waals surface area contributed by atoms with Gasteiger partial charge >= 0.3 is 0 Å². The summed E-state index contributed by atoms with van der Waals surface area (Å²) in [6.07, 6.45) is 3.17. The topological polar surface area (TPSA) is 38.9 Å². The number of hydrogen-bond acceptors (Lipinski definition) is 3. The van der Waals surface area contributed by atoms with E-state index in [1.165, 1.54) is 6.39 Å². The van der Waals surface area contributed by atoms with Crippen LogP contribution in [0.5, 0.6) is 0 Å². The lowest BCUT2D eigenvalue weighted by Crippen LogP contribution is -2.12. The molecule has 2 heterocycles. The fraction of sp³-hybridized carbons (Fsp3) is 0.400. The van der Waals surface area contributed by atoms with Crippen molar-refractivity contribution in [3.05, 3.63) is 24.4 Å². The molecule has 2 aromatic heterocycles. The lowest BCUT2D eigenvalue weighted by molar-refractivity contribution is 0.567. The van der Waals surface area contributed by atoms with Gasteiger partial charge in [-0.15, -0.1) is 0 Å². The van der Waals surface area contributed by atoms with Gasteiger partial charge in [-0.2, -0.15) is 0 Å². The standard InChI is InChI=1S/C10H12N2O/c1-10(2,3)9-4-7-8(5-11-9)13-6-12-7/h4-6H,1-3H3. The first kappa shape index (κ1) is 8.23. The van der Waals surface area contributed by atoms with E-state index in [1.54, 1.807) is 6.20 Å². The maximum absolute atomic E-state index is 5.11. The Kier molecular flexibility index (Phi) is 1.62. The predicted octanol–water partition coefficient (Wildman–Crippen LogP) is 2.52. The van der Waals surface area contributed by atoms with Crippen molar-refractivity contribution in [3.63, 3.8) is 0 Å². The van der Waals surface area contributed by atoms with E-state index >= 15 is 0 Å². The van der Waals surface area contributed by atoms with Crippen molar-refractivity contribution < 1.29 is 4.42 Å². The lowest BCUT2D eigenvalue weighted by Gasteiger charge is -2.16. The van der Waals surface area contributed by atoms with Gasteiger partial charge in [0.1, 0.15) is 5.52 Å². The Balaban J connectivity index is 2.61. The van der Waals surface area contributed by atoms with Gasteiger partial charge in [-0.1, -0.05) is 20.8 Å². The fourth-order valence-corrected chi connectivity index (χ4v) is 1.17. The van der Waals surface area contributed by atoms with Crippen molar-refractivity contribution in [1.82, 2.24) is 9.97 Å². The van der Waals surface area contributed by atoms with Crippen molar-refractivity contribution in [1.29, 1.82) is 0 Å². The highest BCUT2D eigenvalue weighted by atomic mass is 16.3. The highest BCUT2D eigenvalue weighted by Gasteiger charge is 2.16. The summed E-state index contributed by atoms with van der Waals surface area (Å²) in [5.41, 5.74) is 2.72. The third-order valence-electron chi connectivity index (χ3n) is 1.99. The number of rotatable bonds is 0. The molecule has 0 spiro atoms. The monoisotopic (exact) mass is 176 g/mol. The molecule has 0 aliphatic rings. The maximum Gasteiger partial charge on any atom is 0.182 e. The maximum atomic E-state index is 5.11. The number of hydrogen-bond donors (Lipinski definition) is 0. The summed E-state index contributed by atoms with van der Waals surface area (Å²) < 4.78 is 5.11. The van der Waals surface area contributed by atoms with Crippen LogP contribution < -0.4 is 0 Å². The number of aromatic nitrogens is 2. The molecule has 0 aliphatic carbocycles. The summed E-state index contributed by atoms with van der Waals surface area (Å²) in [5.74, 6) is 0. The molecule has 0 fully saturated rings. The van der Waals surface area contributed by atoms with E-state index in [4.69, 9.17) is 4.42 Å². The van der Waals surface area contributed by atoms with Crippen LogP contribution in [0.4, 0.5) is 0 Å². The van der Waals surface area contributed by atoms with E-state index in [0.717, 1.165) is 16.8 Å². The van der Waals surface area contributed by atoms with Gasteiger partial charge in [-0.3, -0.25) is 4.98 Å². The molecule has 13 heavy (non-hydrogen) atoms. The summed E-state index contributed by atoms with van der Waals surface area (Å²) in [6.45, 7) is 6.38. The van der Waals surface area contributed by atoms with Gasteiger partial charge in [-0.05, 0) is 6.07 Å². The van der Waals surface area contributed by atoms with Crippen LogP contribution in [0.15, 0.2) is 23.1 Å². The molecule has 0 bridgehead atoms. The molecule has 0 saturated carbocycles. The van der Waals surface area contributed by atoms with E-state index in [2.05, 4.69) is 30.7 Å². The highest BCUT2D eigenvalue weighted by Crippen LogP contribution is 2.22. The number of oxazole rings is 1. The second-order valence-electron chi connectivity index (χ2n) is 4.14. The minimum Gasteiger partial charge on any atom is -0.442 e. The average molecular weight is 176 g/mol. The minimum atomic E-state index is 0.0626. The van der Waals surface area contributed by atoms with Crippen LogP contribution in [0, 0.1) is 0 Å². The van der Waals surface area contributed by atoms with Crippen LogP contribution in [0.3, 0.4) is 0 Å². The molecule has 0 saturated heterocycles. The van der Waals surface area contributed by atoms with Crippen molar-refractivity contribution in [2.75, 3.05) is 0 Å². The van der Waals surface area contributed by atoms with Crippen LogP contribution in [0.1, 0.15) is 26.5 Å². The van der Waals surface area contributed by atoms with Crippen molar-refractivity contribution >= 4 is 11.1 Å². The normalized spacial score (nSPS) is 12.2. The van der Waals surface area contributed by atoms with Crippen LogP contribution >= 0.6 is 0 Å². The van der Waals surface area contributed by atoms with E-state index < -0.39 is 0 Å². The third kappa shape index (κ3) is 1.41. The molecule has 0 amide bonds. The molecule has 0 unspecified atom stereocenters. The summed E-state index contributed by atoms with van der Waals surface area (Å²) in [6, 6.07) is 1.97. The summed E-state index contributed by atoms with van der Waals surface area (Å²) in [7, 11) is 0. The average Bonchev–Trinajstić information content (AvgIpc) is 2.47. The number of pyridine rings is 1. The molecular weight excluding hydrogens is 164 g/mol. The fourth-order valence-electron chi connectivity index (χ4n) is 1.17. The van der Waals surface area contributed by atoms with Crippen molar-refractivity contribution in [2.24, 2.45) is 0 Å². The molecule has 2 rings (SSSR count). The van der Waals surface area contributed by atoms with Gasteiger partial charge in [0.25, 0.3) is 0 Å².